The van der Waals surface area contributed by atoms with Crippen LogP contribution in [0.4, 0.5) is 5.69 Å². The van der Waals surface area contributed by atoms with Crippen molar-refractivity contribution in [3.63, 3.8) is 0 Å². The third-order valence-corrected chi connectivity index (χ3v) is 2.01. The van der Waals surface area contributed by atoms with Gasteiger partial charge in [0.05, 0.1) is 23.8 Å². The molecule has 0 aliphatic heterocycles. The molecule has 0 aliphatic rings. The van der Waals surface area contributed by atoms with E-state index in [1.807, 2.05) is 0 Å². The summed E-state index contributed by atoms with van der Waals surface area (Å²) in [6.45, 7) is 0. The predicted octanol–water partition coefficient (Wildman–Crippen LogP) is 1.18. The molecule has 2 rings (SSSR count). The van der Waals surface area contributed by atoms with Gasteiger partial charge in [0.2, 0.25) is 0 Å². The van der Waals surface area contributed by atoms with Gasteiger partial charge in [-0.2, -0.15) is 5.10 Å². The normalized spacial score (nSPS) is 10.1. The number of hydrogen-bond donors (Lipinski definition) is 0. The van der Waals surface area contributed by atoms with Gasteiger partial charge in [-0.3, -0.25) is 10.1 Å². The number of rotatable bonds is 3. The fourth-order valence-corrected chi connectivity index (χ4v) is 1.27. The Bertz CT molecular complexity index is 509. The summed E-state index contributed by atoms with van der Waals surface area (Å²) in [5, 5.41) is 14.6. The van der Waals surface area contributed by atoms with E-state index in [0.717, 1.165) is 0 Å². The van der Waals surface area contributed by atoms with Gasteiger partial charge in [-0.15, -0.1) is 0 Å². The minimum atomic E-state index is -0.483. The summed E-state index contributed by atoms with van der Waals surface area (Å²) >= 11 is 0. The van der Waals surface area contributed by atoms with Crippen molar-refractivity contribution < 1.29 is 9.66 Å². The smallest absolute Gasteiger partial charge is 0.275 e. The van der Waals surface area contributed by atoms with E-state index in [-0.39, 0.29) is 5.69 Å². The van der Waals surface area contributed by atoms with Crippen LogP contribution in [0.25, 0.3) is 5.69 Å². The van der Waals surface area contributed by atoms with Crippen LogP contribution >= 0.6 is 0 Å². The summed E-state index contributed by atoms with van der Waals surface area (Å²) in [4.78, 5) is 14.0. The van der Waals surface area contributed by atoms with E-state index in [2.05, 4.69) is 10.1 Å². The van der Waals surface area contributed by atoms with E-state index in [9.17, 15) is 10.1 Å². The molecular weight excluding hydrogens is 212 g/mol. The van der Waals surface area contributed by atoms with Gasteiger partial charge in [-0.05, 0) is 0 Å². The molecule has 0 amide bonds. The molecule has 1 heterocycles. The minimum Gasteiger partial charge on any atom is -0.496 e. The lowest BCUT2D eigenvalue weighted by molar-refractivity contribution is -0.384. The average Bonchev–Trinajstić information content (AvgIpc) is 2.81. The highest BCUT2D eigenvalue weighted by Crippen LogP contribution is 2.24. The third kappa shape index (κ3) is 1.83. The molecule has 0 radical (unpaired) electrons. The van der Waals surface area contributed by atoms with Gasteiger partial charge in [-0.1, -0.05) is 0 Å². The first kappa shape index (κ1) is 10.1. The fourth-order valence-electron chi connectivity index (χ4n) is 1.27. The summed E-state index contributed by atoms with van der Waals surface area (Å²) in [7, 11) is 1.45. The molecule has 7 heteroatoms. The van der Waals surface area contributed by atoms with Gasteiger partial charge in [0, 0.05) is 12.1 Å². The molecule has 2 aromatic rings. The molecule has 0 aliphatic carbocycles. The number of aromatic nitrogens is 3. The van der Waals surface area contributed by atoms with Crippen molar-refractivity contribution in [1.29, 1.82) is 0 Å². The number of methoxy groups -OCH3 is 1. The van der Waals surface area contributed by atoms with Crippen LogP contribution in [0.1, 0.15) is 0 Å². The SMILES string of the molecule is COc1cc(-n2cncn2)cc([N+](=O)[O-])c1. The van der Waals surface area contributed by atoms with Crippen LogP contribution in [0, 0.1) is 10.1 Å². The molecule has 0 unspecified atom stereocenters. The number of non-ortho nitro benzene ring substituents is 1. The number of hydrogen-bond acceptors (Lipinski definition) is 5. The second-order valence-electron chi connectivity index (χ2n) is 2.99. The monoisotopic (exact) mass is 220 g/mol. The van der Waals surface area contributed by atoms with Crippen molar-refractivity contribution in [2.75, 3.05) is 7.11 Å². The second kappa shape index (κ2) is 3.97. The van der Waals surface area contributed by atoms with Gasteiger partial charge < -0.3 is 4.74 Å². The van der Waals surface area contributed by atoms with Crippen LogP contribution in [0.5, 0.6) is 5.75 Å². The van der Waals surface area contributed by atoms with E-state index < -0.39 is 4.92 Å². The number of nitro groups is 1. The highest BCUT2D eigenvalue weighted by Gasteiger charge is 2.11. The first-order valence-electron chi connectivity index (χ1n) is 4.39. The molecule has 0 N–H and O–H groups in total. The Morgan fingerprint density at radius 1 is 1.44 bits per heavy atom. The lowest BCUT2D eigenvalue weighted by Gasteiger charge is -2.04. The Morgan fingerprint density at radius 3 is 2.81 bits per heavy atom. The van der Waals surface area contributed by atoms with Gasteiger partial charge in [0.1, 0.15) is 18.4 Å². The fraction of sp³-hybridized carbons (Fsp3) is 0.111. The quantitative estimate of drug-likeness (QED) is 0.573. The zero-order valence-corrected chi connectivity index (χ0v) is 8.40. The number of nitro benzene ring substituents is 1. The number of ether oxygens (including phenoxy) is 1. The molecule has 0 bridgehead atoms. The van der Waals surface area contributed by atoms with Gasteiger partial charge in [0.15, 0.2) is 0 Å². The Kier molecular flexibility index (Phi) is 2.50. The predicted molar refractivity (Wildman–Crippen MR) is 54.6 cm³/mol. The summed E-state index contributed by atoms with van der Waals surface area (Å²) < 4.78 is 6.40. The molecule has 7 nitrogen and oxygen atoms in total. The molecule has 0 fully saturated rings. The third-order valence-electron chi connectivity index (χ3n) is 2.01. The van der Waals surface area contributed by atoms with E-state index in [4.69, 9.17) is 4.74 Å². The van der Waals surface area contributed by atoms with Crippen molar-refractivity contribution in [3.8, 4) is 11.4 Å². The first-order chi connectivity index (χ1) is 7.70. The van der Waals surface area contributed by atoms with Gasteiger partial charge in [-0.25, -0.2) is 9.67 Å². The second-order valence-corrected chi connectivity index (χ2v) is 2.99. The lowest BCUT2D eigenvalue weighted by atomic mass is 10.2. The number of benzene rings is 1. The average molecular weight is 220 g/mol. The summed E-state index contributed by atoms with van der Waals surface area (Å²) in [5.41, 5.74) is 0.480. The summed E-state index contributed by atoms with van der Waals surface area (Å²) in [6, 6.07) is 4.39. The maximum absolute atomic E-state index is 10.7. The van der Waals surface area contributed by atoms with Gasteiger partial charge >= 0.3 is 0 Å². The Balaban J connectivity index is 2.53. The Hall–Kier alpha value is -2.44. The van der Waals surface area contributed by atoms with Crippen molar-refractivity contribution >= 4 is 5.69 Å². The number of nitrogens with zero attached hydrogens (tertiary/aromatic N) is 4. The van der Waals surface area contributed by atoms with Crippen LogP contribution in [0.2, 0.25) is 0 Å². The summed E-state index contributed by atoms with van der Waals surface area (Å²) in [5.74, 6) is 0.403. The van der Waals surface area contributed by atoms with Crippen LogP contribution in [-0.2, 0) is 0 Å². The van der Waals surface area contributed by atoms with E-state index in [0.29, 0.717) is 11.4 Å². The van der Waals surface area contributed by atoms with E-state index in [1.54, 1.807) is 6.07 Å². The highest BCUT2D eigenvalue weighted by atomic mass is 16.6. The molecular formula is C9H8N4O3. The Labute approximate surface area is 90.4 Å². The highest BCUT2D eigenvalue weighted by molar-refractivity contribution is 5.49. The minimum absolute atomic E-state index is 0.0511. The molecule has 0 atom stereocenters. The topological polar surface area (TPSA) is 83.1 Å². The maximum Gasteiger partial charge on any atom is 0.275 e. The van der Waals surface area contributed by atoms with Crippen molar-refractivity contribution in [1.82, 2.24) is 14.8 Å². The van der Waals surface area contributed by atoms with Crippen LogP contribution in [0.3, 0.4) is 0 Å². The standard InChI is InChI=1S/C9H8N4O3/c1-16-9-3-7(12-6-10-5-11-12)2-8(4-9)13(14)15/h2-6H,1H3. The van der Waals surface area contributed by atoms with Crippen molar-refractivity contribution in [2.45, 2.75) is 0 Å². The lowest BCUT2D eigenvalue weighted by Crippen LogP contribution is -1.98. The largest absolute Gasteiger partial charge is 0.496 e. The zero-order valence-electron chi connectivity index (χ0n) is 8.40. The van der Waals surface area contributed by atoms with E-state index >= 15 is 0 Å². The molecule has 1 aromatic heterocycles. The molecule has 0 saturated heterocycles. The maximum atomic E-state index is 10.7. The van der Waals surface area contributed by atoms with Crippen LogP contribution < -0.4 is 4.74 Å². The Morgan fingerprint density at radius 2 is 2.25 bits per heavy atom. The van der Waals surface area contributed by atoms with Crippen LogP contribution in [-0.4, -0.2) is 26.8 Å². The van der Waals surface area contributed by atoms with E-state index in [1.165, 1.54) is 36.6 Å². The first-order valence-corrected chi connectivity index (χ1v) is 4.39. The van der Waals surface area contributed by atoms with Crippen LogP contribution in [0.15, 0.2) is 30.9 Å². The molecule has 0 spiro atoms. The molecule has 0 saturated carbocycles. The molecule has 1 aromatic carbocycles. The van der Waals surface area contributed by atoms with Gasteiger partial charge in [0.25, 0.3) is 5.69 Å². The molecule has 82 valence electrons. The molecule has 16 heavy (non-hydrogen) atoms. The zero-order chi connectivity index (χ0) is 11.5. The van der Waals surface area contributed by atoms with Crippen molar-refractivity contribution in [3.05, 3.63) is 41.0 Å². The summed E-state index contributed by atoms with van der Waals surface area (Å²) in [6.07, 6.45) is 2.81. The van der Waals surface area contributed by atoms with Crippen molar-refractivity contribution in [2.24, 2.45) is 0 Å².